The van der Waals surface area contributed by atoms with Crippen LogP contribution in [0.4, 0.5) is 19.0 Å². The lowest BCUT2D eigenvalue weighted by Crippen LogP contribution is -2.44. The Morgan fingerprint density at radius 2 is 1.80 bits per heavy atom. The number of carbonyl (C=O) groups is 2. The number of alkyl halides is 3. The van der Waals surface area contributed by atoms with Gasteiger partial charge in [0.1, 0.15) is 29.3 Å². The van der Waals surface area contributed by atoms with Gasteiger partial charge in [-0.1, -0.05) is 24.3 Å². The van der Waals surface area contributed by atoms with E-state index in [9.17, 15) is 22.8 Å². The Morgan fingerprint density at radius 1 is 1.02 bits per heavy atom. The quantitative estimate of drug-likeness (QED) is 0.318. The fourth-order valence-corrected chi connectivity index (χ4v) is 5.93. The molecule has 0 radical (unpaired) electrons. The minimum Gasteiger partial charge on any atom is -0.480 e. The van der Waals surface area contributed by atoms with Crippen molar-refractivity contribution in [2.45, 2.75) is 50.4 Å². The number of aromatic nitrogens is 6. The number of anilines is 1. The highest BCUT2D eigenvalue weighted by atomic mass is 19.4. The minimum absolute atomic E-state index is 0.0759. The van der Waals surface area contributed by atoms with Gasteiger partial charge < -0.3 is 14.2 Å². The van der Waals surface area contributed by atoms with E-state index in [2.05, 4.69) is 19.9 Å². The van der Waals surface area contributed by atoms with Gasteiger partial charge in [0, 0.05) is 37.5 Å². The van der Waals surface area contributed by atoms with E-state index in [4.69, 9.17) is 9.72 Å². The van der Waals surface area contributed by atoms with Gasteiger partial charge in [0.15, 0.2) is 17.3 Å². The number of methoxy groups -OCH3 is 1. The standard InChI is InChI=1S/C30H27F3N8O3/c1-39-14-21(30(31,32)33)37-25(39)18-7-5-16(6-8-18)13-41-26-19(28(42)40-11-3-4-20(40)29(41)43)12-34-24(38-26)22-23(17-9-10-17)35-15-36-27(22)44-2/h5-8,12,14-15,17,20H,3-4,9-11,13H2,1-2H3. The van der Waals surface area contributed by atoms with Gasteiger partial charge in [-0.3, -0.25) is 14.5 Å². The van der Waals surface area contributed by atoms with Crippen molar-refractivity contribution < 1.29 is 27.5 Å². The number of aryl methyl sites for hydroxylation is 1. The van der Waals surface area contributed by atoms with Crippen molar-refractivity contribution in [1.82, 2.24) is 34.4 Å². The number of rotatable bonds is 6. The Hall–Kier alpha value is -4.88. The number of hydrogen-bond donors (Lipinski definition) is 0. The van der Waals surface area contributed by atoms with Crippen LogP contribution >= 0.6 is 0 Å². The van der Waals surface area contributed by atoms with Crippen LogP contribution in [-0.2, 0) is 24.6 Å². The largest absolute Gasteiger partial charge is 0.480 e. The van der Waals surface area contributed by atoms with Crippen molar-refractivity contribution >= 4 is 17.6 Å². The molecule has 0 bridgehead atoms. The second-order valence-corrected chi connectivity index (χ2v) is 11.2. The fourth-order valence-electron chi connectivity index (χ4n) is 5.93. The van der Waals surface area contributed by atoms with E-state index in [1.54, 1.807) is 29.2 Å². The first-order chi connectivity index (χ1) is 21.1. The zero-order valence-corrected chi connectivity index (χ0v) is 23.9. The molecule has 4 aromatic rings. The van der Waals surface area contributed by atoms with Crippen LogP contribution in [0.15, 0.2) is 43.0 Å². The maximum absolute atomic E-state index is 14.0. The van der Waals surface area contributed by atoms with E-state index >= 15 is 0 Å². The number of nitrogens with zero attached hydrogens (tertiary/aromatic N) is 8. The normalized spacial score (nSPS) is 18.3. The van der Waals surface area contributed by atoms with Crippen LogP contribution in [0.2, 0.25) is 0 Å². The maximum Gasteiger partial charge on any atom is 0.434 e. The van der Waals surface area contributed by atoms with Crippen molar-refractivity contribution in [3.8, 4) is 28.7 Å². The minimum atomic E-state index is -4.56. The Kier molecular flexibility index (Phi) is 6.59. The average molecular weight is 605 g/mol. The van der Waals surface area contributed by atoms with E-state index in [-0.39, 0.29) is 47.3 Å². The molecule has 226 valence electrons. The van der Waals surface area contributed by atoms with Gasteiger partial charge in [0.25, 0.3) is 11.8 Å². The predicted molar refractivity (Wildman–Crippen MR) is 150 cm³/mol. The number of imidazole rings is 1. The monoisotopic (exact) mass is 604 g/mol. The predicted octanol–water partition coefficient (Wildman–Crippen LogP) is 4.39. The van der Waals surface area contributed by atoms with E-state index in [0.717, 1.165) is 24.7 Å². The van der Waals surface area contributed by atoms with Crippen LogP contribution in [0.1, 0.15) is 58.9 Å². The topological polar surface area (TPSA) is 119 Å². The van der Waals surface area contributed by atoms with Crippen LogP contribution in [0.3, 0.4) is 0 Å². The molecule has 1 atom stereocenters. The van der Waals surface area contributed by atoms with Gasteiger partial charge in [0.05, 0.1) is 19.3 Å². The van der Waals surface area contributed by atoms with Crippen molar-refractivity contribution in [1.29, 1.82) is 0 Å². The van der Waals surface area contributed by atoms with Crippen LogP contribution < -0.4 is 9.64 Å². The molecule has 1 aromatic carbocycles. The van der Waals surface area contributed by atoms with Crippen molar-refractivity contribution in [3.63, 3.8) is 0 Å². The molecule has 2 aliphatic heterocycles. The molecule has 2 fully saturated rings. The van der Waals surface area contributed by atoms with Gasteiger partial charge in [0.2, 0.25) is 5.88 Å². The first kappa shape index (κ1) is 27.9. The van der Waals surface area contributed by atoms with Crippen molar-refractivity contribution in [3.05, 3.63) is 65.5 Å². The highest BCUT2D eigenvalue weighted by Gasteiger charge is 2.43. The first-order valence-electron chi connectivity index (χ1n) is 14.2. The van der Waals surface area contributed by atoms with Gasteiger partial charge in [-0.25, -0.2) is 24.9 Å². The fraction of sp³-hybridized carbons (Fsp3) is 0.367. The summed E-state index contributed by atoms with van der Waals surface area (Å²) in [6.07, 6.45) is 2.43. The molecule has 0 N–H and O–H groups in total. The summed E-state index contributed by atoms with van der Waals surface area (Å²) >= 11 is 0. The Bertz CT molecular complexity index is 1790. The molecular formula is C30H27F3N8O3. The molecule has 1 aliphatic carbocycles. The SMILES string of the molecule is COc1ncnc(C2CC2)c1-c1ncc2c(n1)N(Cc1ccc(-c3nc(C(F)(F)F)cn3C)cc1)C(=O)C1CCCN1C2=O. The lowest BCUT2D eigenvalue weighted by atomic mass is 10.1. The molecule has 5 heterocycles. The number of halogens is 3. The highest BCUT2D eigenvalue weighted by Crippen LogP contribution is 2.45. The molecule has 3 aliphatic rings. The third-order valence-corrected chi connectivity index (χ3v) is 8.26. The van der Waals surface area contributed by atoms with E-state index in [1.165, 1.54) is 36.1 Å². The summed E-state index contributed by atoms with van der Waals surface area (Å²) in [7, 11) is 3.00. The molecule has 44 heavy (non-hydrogen) atoms. The lowest BCUT2D eigenvalue weighted by Gasteiger charge is -2.25. The molecule has 0 spiro atoms. The zero-order chi connectivity index (χ0) is 30.7. The molecule has 3 aromatic heterocycles. The maximum atomic E-state index is 14.0. The third kappa shape index (κ3) is 4.74. The van der Waals surface area contributed by atoms with Gasteiger partial charge >= 0.3 is 6.18 Å². The van der Waals surface area contributed by atoms with Crippen molar-refractivity contribution in [2.24, 2.45) is 7.05 Å². The van der Waals surface area contributed by atoms with E-state index in [0.29, 0.717) is 42.0 Å². The van der Waals surface area contributed by atoms with Crippen LogP contribution in [0.5, 0.6) is 5.88 Å². The second kappa shape index (κ2) is 10.4. The number of ether oxygens (including phenoxy) is 1. The smallest absolute Gasteiger partial charge is 0.434 e. The van der Waals surface area contributed by atoms with Crippen LogP contribution in [-0.4, -0.2) is 65.9 Å². The summed E-state index contributed by atoms with van der Waals surface area (Å²) in [5, 5.41) is 0. The van der Waals surface area contributed by atoms with E-state index in [1.807, 2.05) is 0 Å². The molecule has 11 nitrogen and oxygen atoms in total. The Morgan fingerprint density at radius 3 is 2.48 bits per heavy atom. The summed E-state index contributed by atoms with van der Waals surface area (Å²) in [4.78, 5) is 52.6. The second-order valence-electron chi connectivity index (χ2n) is 11.2. The number of benzene rings is 1. The summed E-state index contributed by atoms with van der Waals surface area (Å²) in [6.45, 7) is 0.529. The number of hydrogen-bond acceptors (Lipinski definition) is 8. The molecule has 2 amide bonds. The number of fused-ring (bicyclic) bond motifs is 2. The third-order valence-electron chi connectivity index (χ3n) is 8.26. The highest BCUT2D eigenvalue weighted by molar-refractivity contribution is 6.10. The summed E-state index contributed by atoms with van der Waals surface area (Å²) in [5.41, 5.74) is 1.70. The summed E-state index contributed by atoms with van der Waals surface area (Å²) < 4.78 is 46.5. The first-order valence-corrected chi connectivity index (χ1v) is 14.2. The van der Waals surface area contributed by atoms with Gasteiger partial charge in [-0.15, -0.1) is 0 Å². The Labute approximate surface area is 249 Å². The van der Waals surface area contributed by atoms with Gasteiger partial charge in [-0.2, -0.15) is 13.2 Å². The van der Waals surface area contributed by atoms with Crippen LogP contribution in [0, 0.1) is 0 Å². The number of carbonyl (C=O) groups excluding carboxylic acids is 2. The summed E-state index contributed by atoms with van der Waals surface area (Å²) in [5.74, 6) is 0.541. The lowest BCUT2D eigenvalue weighted by molar-refractivity contribution is -0.140. The van der Waals surface area contributed by atoms with Crippen molar-refractivity contribution in [2.75, 3.05) is 18.6 Å². The molecule has 1 saturated heterocycles. The molecule has 1 saturated carbocycles. The molecule has 1 unspecified atom stereocenters. The number of amides is 2. The molecule has 7 rings (SSSR count). The zero-order valence-electron chi connectivity index (χ0n) is 23.9. The molecule has 14 heteroatoms. The van der Waals surface area contributed by atoms with Gasteiger partial charge in [-0.05, 0) is 31.2 Å². The van der Waals surface area contributed by atoms with E-state index < -0.39 is 17.9 Å². The average Bonchev–Trinajstić information content (AvgIpc) is 3.62. The van der Waals surface area contributed by atoms with Crippen LogP contribution in [0.25, 0.3) is 22.8 Å². The Balaban J connectivity index is 1.29. The molecular weight excluding hydrogens is 577 g/mol. The summed E-state index contributed by atoms with van der Waals surface area (Å²) in [6, 6.07) is 6.14.